The van der Waals surface area contributed by atoms with Gasteiger partial charge in [-0.25, -0.2) is 4.39 Å². The molecular weight excluding hydrogens is 322 g/mol. The monoisotopic (exact) mass is 339 g/mol. The van der Waals surface area contributed by atoms with E-state index in [1.54, 1.807) is 0 Å². The molecule has 1 N–H and O–H groups in total. The van der Waals surface area contributed by atoms with Crippen molar-refractivity contribution in [1.82, 2.24) is 0 Å². The SMILES string of the molecule is Fc1ccc(N2CC[NH+](Cc3c(Cl)cccc3Cl)CC2)cc1. The number of rotatable bonds is 3. The molecule has 0 spiro atoms. The Morgan fingerprint density at radius 2 is 1.55 bits per heavy atom. The Bertz CT molecular complexity index is 617. The van der Waals surface area contributed by atoms with Gasteiger partial charge < -0.3 is 9.80 Å². The first-order chi connectivity index (χ1) is 10.6. The average Bonchev–Trinajstić information content (AvgIpc) is 2.53. The molecule has 3 rings (SSSR count). The highest BCUT2D eigenvalue weighted by Gasteiger charge is 2.22. The zero-order valence-electron chi connectivity index (χ0n) is 12.2. The second-order valence-corrected chi connectivity index (χ2v) is 6.40. The minimum Gasteiger partial charge on any atom is -0.360 e. The van der Waals surface area contributed by atoms with Crippen LogP contribution in [0.1, 0.15) is 5.56 Å². The van der Waals surface area contributed by atoms with Crippen LogP contribution in [0.25, 0.3) is 0 Å². The third-order valence-electron chi connectivity index (χ3n) is 4.15. The van der Waals surface area contributed by atoms with Gasteiger partial charge in [-0.05, 0) is 36.4 Å². The Balaban J connectivity index is 1.61. The summed E-state index contributed by atoms with van der Waals surface area (Å²) < 4.78 is 13.0. The molecule has 1 fully saturated rings. The molecule has 2 aromatic rings. The Morgan fingerprint density at radius 3 is 2.14 bits per heavy atom. The highest BCUT2D eigenvalue weighted by atomic mass is 35.5. The van der Waals surface area contributed by atoms with Crippen molar-refractivity contribution in [2.45, 2.75) is 6.54 Å². The quantitative estimate of drug-likeness (QED) is 0.903. The number of halogens is 3. The van der Waals surface area contributed by atoms with Crippen LogP contribution in [-0.4, -0.2) is 26.2 Å². The molecule has 0 aromatic heterocycles. The number of hydrogen-bond donors (Lipinski definition) is 1. The minimum atomic E-state index is -0.193. The molecule has 0 radical (unpaired) electrons. The number of hydrogen-bond acceptors (Lipinski definition) is 1. The summed E-state index contributed by atoms with van der Waals surface area (Å²) in [5, 5.41) is 1.47. The van der Waals surface area contributed by atoms with Crippen molar-refractivity contribution < 1.29 is 9.29 Å². The van der Waals surface area contributed by atoms with Crippen molar-refractivity contribution in [3.8, 4) is 0 Å². The molecule has 0 amide bonds. The molecule has 22 heavy (non-hydrogen) atoms. The van der Waals surface area contributed by atoms with E-state index >= 15 is 0 Å². The highest BCUT2D eigenvalue weighted by Crippen LogP contribution is 2.23. The lowest BCUT2D eigenvalue weighted by molar-refractivity contribution is -0.914. The summed E-state index contributed by atoms with van der Waals surface area (Å²) in [4.78, 5) is 3.75. The first-order valence-corrected chi connectivity index (χ1v) is 8.16. The Kier molecular flexibility index (Phi) is 4.87. The molecule has 0 saturated carbocycles. The van der Waals surface area contributed by atoms with Gasteiger partial charge in [0.05, 0.1) is 36.2 Å². The summed E-state index contributed by atoms with van der Waals surface area (Å²) in [6.45, 7) is 4.76. The maximum absolute atomic E-state index is 13.0. The number of quaternary nitrogens is 1. The average molecular weight is 340 g/mol. The fourth-order valence-electron chi connectivity index (χ4n) is 2.86. The van der Waals surface area contributed by atoms with Gasteiger partial charge in [-0.1, -0.05) is 29.3 Å². The van der Waals surface area contributed by atoms with Gasteiger partial charge in [0, 0.05) is 11.3 Å². The van der Waals surface area contributed by atoms with Crippen LogP contribution >= 0.6 is 23.2 Å². The van der Waals surface area contributed by atoms with Crippen molar-refractivity contribution >= 4 is 28.9 Å². The molecule has 1 aliphatic rings. The van der Waals surface area contributed by atoms with Gasteiger partial charge in [-0.2, -0.15) is 0 Å². The summed E-state index contributed by atoms with van der Waals surface area (Å²) in [6, 6.07) is 12.3. The van der Waals surface area contributed by atoms with E-state index in [4.69, 9.17) is 23.2 Å². The van der Waals surface area contributed by atoms with Crippen LogP contribution in [-0.2, 0) is 6.54 Å². The van der Waals surface area contributed by atoms with E-state index in [-0.39, 0.29) is 5.82 Å². The third-order valence-corrected chi connectivity index (χ3v) is 4.86. The largest absolute Gasteiger partial charge is 0.360 e. The summed E-state index contributed by atoms with van der Waals surface area (Å²) >= 11 is 12.5. The van der Waals surface area contributed by atoms with E-state index < -0.39 is 0 Å². The molecule has 2 aromatic carbocycles. The molecule has 1 saturated heterocycles. The number of benzene rings is 2. The zero-order valence-corrected chi connectivity index (χ0v) is 13.7. The summed E-state index contributed by atoms with van der Waals surface area (Å²) in [5.41, 5.74) is 2.10. The third kappa shape index (κ3) is 3.54. The molecule has 116 valence electrons. The Morgan fingerprint density at radius 1 is 0.955 bits per heavy atom. The van der Waals surface area contributed by atoms with Crippen LogP contribution in [0.4, 0.5) is 10.1 Å². The Labute approximate surface area is 140 Å². The predicted molar refractivity (Wildman–Crippen MR) is 89.5 cm³/mol. The van der Waals surface area contributed by atoms with E-state index in [1.165, 1.54) is 17.0 Å². The number of nitrogens with one attached hydrogen (secondary N) is 1. The second kappa shape index (κ2) is 6.86. The minimum absolute atomic E-state index is 0.193. The van der Waals surface area contributed by atoms with Crippen LogP contribution in [0.3, 0.4) is 0 Å². The molecule has 0 atom stereocenters. The van der Waals surface area contributed by atoms with Crippen molar-refractivity contribution in [3.05, 3.63) is 63.9 Å². The first-order valence-electron chi connectivity index (χ1n) is 7.40. The first kappa shape index (κ1) is 15.6. The normalized spacial score (nSPS) is 16.0. The van der Waals surface area contributed by atoms with Gasteiger partial charge in [-0.3, -0.25) is 0 Å². The molecule has 5 heteroatoms. The van der Waals surface area contributed by atoms with Crippen LogP contribution in [0.2, 0.25) is 10.0 Å². The van der Waals surface area contributed by atoms with E-state index in [1.807, 2.05) is 30.3 Å². The standard InChI is InChI=1S/C17H17Cl2FN2/c18-16-2-1-3-17(19)15(16)12-21-8-10-22(11-9-21)14-6-4-13(20)5-7-14/h1-7H,8-12H2/p+1. The van der Waals surface area contributed by atoms with Gasteiger partial charge in [0.25, 0.3) is 0 Å². The molecule has 0 unspecified atom stereocenters. The molecule has 1 aliphatic heterocycles. The number of piperazine rings is 1. The van der Waals surface area contributed by atoms with Crippen molar-refractivity contribution in [2.24, 2.45) is 0 Å². The molecule has 0 aliphatic carbocycles. The van der Waals surface area contributed by atoms with Gasteiger partial charge >= 0.3 is 0 Å². The van der Waals surface area contributed by atoms with Crippen LogP contribution in [0, 0.1) is 5.82 Å². The van der Waals surface area contributed by atoms with E-state index in [2.05, 4.69) is 4.90 Å². The molecular formula is C17H18Cl2FN2+. The molecule has 0 bridgehead atoms. The lowest BCUT2D eigenvalue weighted by Crippen LogP contribution is -3.13. The van der Waals surface area contributed by atoms with Crippen LogP contribution in [0.5, 0.6) is 0 Å². The van der Waals surface area contributed by atoms with Crippen molar-refractivity contribution in [1.29, 1.82) is 0 Å². The van der Waals surface area contributed by atoms with E-state index in [9.17, 15) is 4.39 Å². The Hall–Kier alpha value is -1.29. The second-order valence-electron chi connectivity index (χ2n) is 5.59. The summed E-state index contributed by atoms with van der Waals surface area (Å²) in [5.74, 6) is -0.193. The van der Waals surface area contributed by atoms with Gasteiger partial charge in [0.15, 0.2) is 0 Å². The number of nitrogens with zero attached hydrogens (tertiary/aromatic N) is 1. The van der Waals surface area contributed by atoms with Crippen LogP contribution in [0.15, 0.2) is 42.5 Å². The van der Waals surface area contributed by atoms with Gasteiger partial charge in [0.1, 0.15) is 12.4 Å². The summed E-state index contributed by atoms with van der Waals surface area (Å²) in [7, 11) is 0. The topological polar surface area (TPSA) is 7.68 Å². The van der Waals surface area contributed by atoms with E-state index in [0.717, 1.165) is 54.0 Å². The predicted octanol–water partition coefficient (Wildman–Crippen LogP) is 3.04. The number of anilines is 1. The summed E-state index contributed by atoms with van der Waals surface area (Å²) in [6.07, 6.45) is 0. The molecule has 1 heterocycles. The molecule has 2 nitrogen and oxygen atoms in total. The lowest BCUT2D eigenvalue weighted by atomic mass is 10.2. The van der Waals surface area contributed by atoms with Gasteiger partial charge in [0.2, 0.25) is 0 Å². The fraction of sp³-hybridized carbons (Fsp3) is 0.294. The van der Waals surface area contributed by atoms with Gasteiger partial charge in [-0.15, -0.1) is 0 Å². The zero-order chi connectivity index (χ0) is 15.5. The maximum Gasteiger partial charge on any atom is 0.123 e. The smallest absolute Gasteiger partial charge is 0.123 e. The van der Waals surface area contributed by atoms with Crippen LogP contribution < -0.4 is 9.80 Å². The lowest BCUT2D eigenvalue weighted by Gasteiger charge is -2.34. The highest BCUT2D eigenvalue weighted by molar-refractivity contribution is 6.35. The van der Waals surface area contributed by atoms with Crippen molar-refractivity contribution in [2.75, 3.05) is 31.1 Å². The fourth-order valence-corrected chi connectivity index (χ4v) is 3.39. The van der Waals surface area contributed by atoms with Crippen molar-refractivity contribution in [3.63, 3.8) is 0 Å². The van der Waals surface area contributed by atoms with E-state index in [0.29, 0.717) is 0 Å². The maximum atomic E-state index is 13.0.